The number of amides is 2. The smallest absolute Gasteiger partial charge is 0.252 e. The second kappa shape index (κ2) is 6.74. The van der Waals surface area contributed by atoms with E-state index in [9.17, 15) is 9.59 Å². The summed E-state index contributed by atoms with van der Waals surface area (Å²) >= 11 is 0. The Morgan fingerprint density at radius 1 is 1.35 bits per heavy atom. The van der Waals surface area contributed by atoms with E-state index in [1.807, 2.05) is 6.92 Å². The lowest BCUT2D eigenvalue weighted by molar-refractivity contribution is -0.113. The lowest BCUT2D eigenvalue weighted by Gasteiger charge is -2.27. The van der Waals surface area contributed by atoms with Crippen molar-refractivity contribution < 1.29 is 14.1 Å². The Kier molecular flexibility index (Phi) is 4.63. The van der Waals surface area contributed by atoms with E-state index in [4.69, 9.17) is 4.52 Å². The van der Waals surface area contributed by atoms with Crippen LogP contribution in [0.1, 0.15) is 41.8 Å². The average Bonchev–Trinajstić information content (AvgIpc) is 3.42. The van der Waals surface area contributed by atoms with Crippen molar-refractivity contribution in [1.29, 1.82) is 0 Å². The van der Waals surface area contributed by atoms with Gasteiger partial charge < -0.3 is 14.7 Å². The van der Waals surface area contributed by atoms with Crippen molar-refractivity contribution >= 4 is 17.5 Å². The van der Waals surface area contributed by atoms with Gasteiger partial charge >= 0.3 is 0 Å². The Morgan fingerprint density at radius 2 is 2.00 bits per heavy atom. The number of benzene rings is 1. The summed E-state index contributed by atoms with van der Waals surface area (Å²) < 4.78 is 5.09. The van der Waals surface area contributed by atoms with Crippen LogP contribution in [-0.2, 0) is 10.3 Å². The highest BCUT2D eigenvalue weighted by molar-refractivity contribution is 6.01. The van der Waals surface area contributed by atoms with Gasteiger partial charge in [-0.1, -0.05) is 11.7 Å². The molecule has 7 nitrogen and oxygen atoms in total. The molecule has 2 amide bonds. The molecule has 0 saturated heterocycles. The molecule has 1 atom stereocenters. The largest absolute Gasteiger partial charge is 0.340 e. The van der Waals surface area contributed by atoms with Crippen LogP contribution in [0.5, 0.6) is 0 Å². The molecule has 1 aromatic heterocycles. The summed E-state index contributed by atoms with van der Waals surface area (Å²) in [5.74, 6) is 0.834. The zero-order valence-electron chi connectivity index (χ0n) is 15.2. The predicted molar refractivity (Wildman–Crippen MR) is 96.6 cm³/mol. The first-order valence-electron chi connectivity index (χ1n) is 8.48. The van der Waals surface area contributed by atoms with Crippen molar-refractivity contribution in [2.24, 2.45) is 5.92 Å². The van der Waals surface area contributed by atoms with Gasteiger partial charge in [0, 0.05) is 25.2 Å². The lowest BCUT2D eigenvalue weighted by Crippen LogP contribution is -2.46. The van der Waals surface area contributed by atoms with Crippen LogP contribution in [0.2, 0.25) is 0 Å². The first-order chi connectivity index (χ1) is 12.3. The maximum absolute atomic E-state index is 12.7. The molecular formula is C19H22N4O3. The number of nitrogens with one attached hydrogen (secondary N) is 1. The molecular weight excluding hydrogens is 332 g/mol. The van der Waals surface area contributed by atoms with Crippen molar-refractivity contribution in [3.05, 3.63) is 54.2 Å². The molecule has 136 valence electrons. The normalized spacial score (nSPS) is 15.8. The number of hydrogen-bond acceptors (Lipinski definition) is 5. The Bertz CT molecular complexity index is 839. The topological polar surface area (TPSA) is 88.3 Å². The van der Waals surface area contributed by atoms with Crippen LogP contribution in [0.4, 0.5) is 5.69 Å². The van der Waals surface area contributed by atoms with Gasteiger partial charge in [-0.15, -0.1) is 0 Å². The van der Waals surface area contributed by atoms with Gasteiger partial charge in [0.1, 0.15) is 5.54 Å². The summed E-state index contributed by atoms with van der Waals surface area (Å²) in [7, 11) is 1.65. The second-order valence-corrected chi connectivity index (χ2v) is 6.72. The van der Waals surface area contributed by atoms with E-state index >= 15 is 0 Å². The number of hydrogen-bond donors (Lipinski definition) is 1. The first kappa shape index (κ1) is 17.8. The van der Waals surface area contributed by atoms with E-state index in [1.165, 1.54) is 11.0 Å². The number of nitrogens with zero attached hydrogens (tertiary/aromatic N) is 3. The van der Waals surface area contributed by atoms with Crippen LogP contribution in [0, 0.1) is 12.8 Å². The molecule has 3 rings (SSSR count). The third kappa shape index (κ3) is 3.37. The Morgan fingerprint density at radius 3 is 2.50 bits per heavy atom. The van der Waals surface area contributed by atoms with Gasteiger partial charge in [0.25, 0.3) is 5.91 Å². The number of aryl methyl sites for hydroxylation is 1. The minimum atomic E-state index is -0.664. The van der Waals surface area contributed by atoms with Gasteiger partial charge in [0.05, 0.1) is 0 Å². The molecule has 7 heteroatoms. The van der Waals surface area contributed by atoms with Crippen molar-refractivity contribution in [3.63, 3.8) is 0 Å². The van der Waals surface area contributed by atoms with E-state index in [-0.39, 0.29) is 11.8 Å². The standard InChI is InChI=1S/C19H22N4O3/c1-5-16(24)23(4)15-10-6-13(7-11-15)17(25)21-19(3,14-8-9-14)18-20-12(2)26-22-18/h5-7,10-11,14H,1,8-9H2,2-4H3,(H,21,25). The Labute approximate surface area is 152 Å². The van der Waals surface area contributed by atoms with Gasteiger partial charge in [-0.3, -0.25) is 9.59 Å². The fourth-order valence-electron chi connectivity index (χ4n) is 2.92. The molecule has 1 aromatic carbocycles. The number of carbonyl (C=O) groups excluding carboxylic acids is 2. The van der Waals surface area contributed by atoms with Crippen molar-refractivity contribution in [3.8, 4) is 0 Å². The highest BCUT2D eigenvalue weighted by atomic mass is 16.5. The quantitative estimate of drug-likeness (QED) is 0.806. The third-order valence-corrected chi connectivity index (χ3v) is 4.78. The average molecular weight is 354 g/mol. The highest BCUT2D eigenvalue weighted by Crippen LogP contribution is 2.44. The molecule has 0 spiro atoms. The summed E-state index contributed by atoms with van der Waals surface area (Å²) in [4.78, 5) is 30.2. The Balaban J connectivity index is 1.78. The van der Waals surface area contributed by atoms with E-state index in [1.54, 1.807) is 38.2 Å². The number of aromatic nitrogens is 2. The number of likely N-dealkylation sites (N-methyl/N-ethyl adjacent to an activating group) is 1. The molecule has 0 aliphatic heterocycles. The zero-order chi connectivity index (χ0) is 18.9. The van der Waals surface area contributed by atoms with E-state index in [0.717, 1.165) is 12.8 Å². The fraction of sp³-hybridized carbons (Fsp3) is 0.368. The van der Waals surface area contributed by atoms with E-state index < -0.39 is 5.54 Å². The molecule has 1 saturated carbocycles. The summed E-state index contributed by atoms with van der Waals surface area (Å²) in [5.41, 5.74) is 0.522. The lowest BCUT2D eigenvalue weighted by atomic mass is 9.94. The monoisotopic (exact) mass is 354 g/mol. The summed E-state index contributed by atoms with van der Waals surface area (Å²) in [5, 5.41) is 7.07. The molecule has 1 aliphatic rings. The molecule has 1 aliphatic carbocycles. The van der Waals surface area contributed by atoms with Crippen LogP contribution < -0.4 is 10.2 Å². The highest BCUT2D eigenvalue weighted by Gasteiger charge is 2.47. The molecule has 0 bridgehead atoms. The van der Waals surface area contributed by atoms with E-state index in [2.05, 4.69) is 22.0 Å². The summed E-state index contributed by atoms with van der Waals surface area (Å²) in [6.07, 6.45) is 3.27. The van der Waals surface area contributed by atoms with Gasteiger partial charge in [0.15, 0.2) is 5.82 Å². The summed E-state index contributed by atoms with van der Waals surface area (Å²) in [6.45, 7) is 7.13. The number of rotatable bonds is 6. The molecule has 1 heterocycles. The second-order valence-electron chi connectivity index (χ2n) is 6.72. The predicted octanol–water partition coefficient (Wildman–Crippen LogP) is 2.58. The molecule has 26 heavy (non-hydrogen) atoms. The fourth-order valence-corrected chi connectivity index (χ4v) is 2.92. The minimum absolute atomic E-state index is 0.212. The molecule has 1 N–H and O–H groups in total. The van der Waals surface area contributed by atoms with Crippen molar-refractivity contribution in [2.45, 2.75) is 32.2 Å². The first-order valence-corrected chi connectivity index (χ1v) is 8.48. The zero-order valence-corrected chi connectivity index (χ0v) is 15.2. The van der Waals surface area contributed by atoms with Gasteiger partial charge in [-0.05, 0) is 56.0 Å². The van der Waals surface area contributed by atoms with Crippen LogP contribution in [0.15, 0.2) is 41.4 Å². The number of carbonyl (C=O) groups is 2. The summed E-state index contributed by atoms with van der Waals surface area (Å²) in [6, 6.07) is 6.82. The Hall–Kier alpha value is -2.96. The van der Waals surface area contributed by atoms with Crippen LogP contribution >= 0.6 is 0 Å². The maximum Gasteiger partial charge on any atom is 0.252 e. The van der Waals surface area contributed by atoms with Crippen molar-refractivity contribution in [1.82, 2.24) is 15.5 Å². The maximum atomic E-state index is 12.7. The molecule has 0 radical (unpaired) electrons. The molecule has 2 aromatic rings. The van der Waals surface area contributed by atoms with E-state index in [0.29, 0.717) is 28.9 Å². The minimum Gasteiger partial charge on any atom is -0.340 e. The van der Waals surface area contributed by atoms with Gasteiger partial charge in [-0.25, -0.2) is 0 Å². The third-order valence-electron chi connectivity index (χ3n) is 4.78. The van der Waals surface area contributed by atoms with Crippen molar-refractivity contribution in [2.75, 3.05) is 11.9 Å². The van der Waals surface area contributed by atoms with Crippen LogP contribution in [0.3, 0.4) is 0 Å². The van der Waals surface area contributed by atoms with Gasteiger partial charge in [0.2, 0.25) is 11.8 Å². The SMILES string of the molecule is C=CC(=O)N(C)c1ccc(C(=O)NC(C)(c2noc(C)n2)C2CC2)cc1. The molecule has 1 unspecified atom stereocenters. The number of anilines is 1. The van der Waals surface area contributed by atoms with Crippen LogP contribution in [-0.4, -0.2) is 29.0 Å². The van der Waals surface area contributed by atoms with Crippen LogP contribution in [0.25, 0.3) is 0 Å². The van der Waals surface area contributed by atoms with Gasteiger partial charge in [-0.2, -0.15) is 4.98 Å². The molecule has 1 fully saturated rings.